The molecule has 0 saturated heterocycles. The summed E-state index contributed by atoms with van der Waals surface area (Å²) < 4.78 is 41.1. The number of hydrogen-bond donors (Lipinski definition) is 0. The number of alkyl halides is 4. The second-order valence-electron chi connectivity index (χ2n) is 3.09. The third-order valence-corrected chi connectivity index (χ3v) is 3.07. The molecule has 0 aliphatic rings. The van der Waals surface area contributed by atoms with Crippen molar-refractivity contribution in [1.29, 1.82) is 0 Å². The van der Waals surface area contributed by atoms with E-state index < -0.39 is 6.36 Å². The molecule has 0 aliphatic heterocycles. The van der Waals surface area contributed by atoms with Crippen molar-refractivity contribution in [3.8, 4) is 5.75 Å². The van der Waals surface area contributed by atoms with Gasteiger partial charge in [0.25, 0.3) is 0 Å². The first-order valence-electron chi connectivity index (χ1n) is 4.52. The van der Waals surface area contributed by atoms with E-state index in [0.717, 1.165) is 15.3 Å². The average molecular weight is 409 g/mol. The molecule has 0 radical (unpaired) electrons. The number of benzene rings is 1. The summed E-state index contributed by atoms with van der Waals surface area (Å²) in [6.45, 7) is 0. The van der Waals surface area contributed by atoms with Crippen LogP contribution < -0.4 is 4.74 Å². The quantitative estimate of drug-likeness (QED) is 0.525. The summed E-state index contributed by atoms with van der Waals surface area (Å²) in [6.07, 6.45) is -3.30. The summed E-state index contributed by atoms with van der Waals surface area (Å²) in [4.78, 5) is 0. The van der Waals surface area contributed by atoms with E-state index in [-0.39, 0.29) is 5.75 Å². The molecule has 1 nitrogen and oxygen atoms in total. The summed E-state index contributed by atoms with van der Waals surface area (Å²) in [5, 5.41) is 0.754. The molecule has 1 aromatic carbocycles. The number of rotatable bonds is 4. The summed E-state index contributed by atoms with van der Waals surface area (Å²) in [6, 6.07) is 4.84. The van der Waals surface area contributed by atoms with Crippen molar-refractivity contribution in [1.82, 2.24) is 0 Å². The minimum Gasteiger partial charge on any atom is -0.405 e. The Hall–Kier alpha value is 0.0200. The molecular formula is C10H9BrF3IO. The lowest BCUT2D eigenvalue weighted by molar-refractivity contribution is -0.274. The molecule has 0 fully saturated rings. The molecular weight excluding hydrogens is 400 g/mol. The van der Waals surface area contributed by atoms with E-state index in [2.05, 4.69) is 20.7 Å². The number of aryl methyl sites for hydroxylation is 1. The summed E-state index contributed by atoms with van der Waals surface area (Å²) in [5.41, 5.74) is 0.581. The number of ether oxygens (including phenoxy) is 1. The third-order valence-electron chi connectivity index (χ3n) is 1.83. The first kappa shape index (κ1) is 14.1. The Morgan fingerprint density at radius 1 is 1.31 bits per heavy atom. The fourth-order valence-electron chi connectivity index (χ4n) is 1.21. The molecule has 0 N–H and O–H groups in total. The van der Waals surface area contributed by atoms with Gasteiger partial charge in [0.05, 0.1) is 0 Å². The van der Waals surface area contributed by atoms with Crippen molar-refractivity contribution in [3.63, 3.8) is 0 Å². The van der Waals surface area contributed by atoms with E-state index in [1.807, 2.05) is 22.6 Å². The maximum absolute atomic E-state index is 12.1. The molecule has 0 saturated carbocycles. The van der Waals surface area contributed by atoms with Crippen molar-refractivity contribution in [3.05, 3.63) is 27.3 Å². The minimum absolute atomic E-state index is 0.0969. The largest absolute Gasteiger partial charge is 0.573 e. The average Bonchev–Trinajstić information content (AvgIpc) is 2.14. The molecule has 0 aromatic heterocycles. The second-order valence-corrected chi connectivity index (χ2v) is 5.13. The maximum Gasteiger partial charge on any atom is 0.573 e. The van der Waals surface area contributed by atoms with Crippen LogP contribution in [0.25, 0.3) is 0 Å². The van der Waals surface area contributed by atoms with Crippen molar-refractivity contribution < 1.29 is 17.9 Å². The molecule has 16 heavy (non-hydrogen) atoms. The first-order valence-corrected chi connectivity index (χ1v) is 6.72. The van der Waals surface area contributed by atoms with Crippen molar-refractivity contribution >= 4 is 38.5 Å². The van der Waals surface area contributed by atoms with Crippen molar-refractivity contribution in [2.75, 3.05) is 5.33 Å². The Bertz CT molecular complexity index is 354. The summed E-state index contributed by atoms with van der Waals surface area (Å²) in [5.74, 6) is -0.0969. The number of halogens is 5. The molecule has 1 rings (SSSR count). The van der Waals surface area contributed by atoms with Gasteiger partial charge in [-0.2, -0.15) is 0 Å². The van der Waals surface area contributed by atoms with Crippen LogP contribution in [0.5, 0.6) is 5.75 Å². The van der Waals surface area contributed by atoms with Crippen LogP contribution >= 0.6 is 38.5 Å². The molecule has 0 amide bonds. The maximum atomic E-state index is 12.1. The van der Waals surface area contributed by atoms with E-state index in [9.17, 15) is 13.2 Å². The van der Waals surface area contributed by atoms with Gasteiger partial charge in [0, 0.05) is 8.90 Å². The lowest BCUT2D eigenvalue weighted by Crippen LogP contribution is -2.18. The van der Waals surface area contributed by atoms with Crippen LogP contribution in [-0.4, -0.2) is 11.7 Å². The predicted molar refractivity (Wildman–Crippen MR) is 68.0 cm³/mol. The Kier molecular flexibility index (Phi) is 5.36. The highest BCUT2D eigenvalue weighted by atomic mass is 127. The monoisotopic (exact) mass is 408 g/mol. The molecule has 90 valence electrons. The van der Waals surface area contributed by atoms with Crippen molar-refractivity contribution in [2.45, 2.75) is 19.2 Å². The summed E-state index contributed by atoms with van der Waals surface area (Å²) >= 11 is 5.20. The van der Waals surface area contributed by atoms with Crippen LogP contribution in [0, 0.1) is 3.57 Å². The van der Waals surface area contributed by atoms with Gasteiger partial charge in [0.2, 0.25) is 0 Å². The second kappa shape index (κ2) is 6.09. The predicted octanol–water partition coefficient (Wildman–Crippen LogP) is 4.52. The van der Waals surface area contributed by atoms with Gasteiger partial charge in [-0.15, -0.1) is 13.2 Å². The Labute approximate surface area is 114 Å². The van der Waals surface area contributed by atoms with Crippen LogP contribution in [0.15, 0.2) is 18.2 Å². The normalized spacial score (nSPS) is 11.6. The van der Waals surface area contributed by atoms with E-state index >= 15 is 0 Å². The highest BCUT2D eigenvalue weighted by molar-refractivity contribution is 14.1. The first-order chi connectivity index (χ1) is 7.42. The van der Waals surface area contributed by atoms with Gasteiger partial charge in [0.15, 0.2) is 0 Å². The topological polar surface area (TPSA) is 9.23 Å². The van der Waals surface area contributed by atoms with Gasteiger partial charge in [-0.1, -0.05) is 22.0 Å². The zero-order valence-electron chi connectivity index (χ0n) is 8.15. The fourth-order valence-corrected chi connectivity index (χ4v) is 1.95. The Morgan fingerprint density at radius 3 is 2.56 bits per heavy atom. The standard InChI is InChI=1S/C10H9BrF3IO/c11-5-1-2-7-3-4-8(15)6-9(7)16-10(12,13)14/h3-4,6H,1-2,5H2. The van der Waals surface area contributed by atoms with Gasteiger partial charge in [-0.05, 0) is 53.1 Å². The lowest BCUT2D eigenvalue weighted by Gasteiger charge is -2.13. The molecule has 1 aromatic rings. The van der Waals surface area contributed by atoms with Gasteiger partial charge >= 0.3 is 6.36 Å². The molecule has 6 heteroatoms. The number of hydrogen-bond acceptors (Lipinski definition) is 1. The highest BCUT2D eigenvalue weighted by Crippen LogP contribution is 2.29. The Balaban J connectivity index is 2.89. The van der Waals surface area contributed by atoms with Crippen LogP contribution in [0.4, 0.5) is 13.2 Å². The minimum atomic E-state index is -4.63. The molecule has 0 bridgehead atoms. The third kappa shape index (κ3) is 4.90. The molecule has 0 aliphatic carbocycles. The van der Waals surface area contributed by atoms with Crippen LogP contribution in [0.3, 0.4) is 0 Å². The fraction of sp³-hybridized carbons (Fsp3) is 0.400. The lowest BCUT2D eigenvalue weighted by atomic mass is 10.1. The van der Waals surface area contributed by atoms with Gasteiger partial charge < -0.3 is 4.74 Å². The molecule has 0 unspecified atom stereocenters. The van der Waals surface area contributed by atoms with Crippen LogP contribution in [0.1, 0.15) is 12.0 Å². The van der Waals surface area contributed by atoms with E-state index in [1.165, 1.54) is 6.07 Å². The van der Waals surface area contributed by atoms with Crippen molar-refractivity contribution in [2.24, 2.45) is 0 Å². The van der Waals surface area contributed by atoms with E-state index in [0.29, 0.717) is 12.0 Å². The van der Waals surface area contributed by atoms with E-state index in [1.54, 1.807) is 12.1 Å². The highest BCUT2D eigenvalue weighted by Gasteiger charge is 2.32. The zero-order valence-corrected chi connectivity index (χ0v) is 11.9. The van der Waals surface area contributed by atoms with E-state index in [4.69, 9.17) is 0 Å². The SMILES string of the molecule is FC(F)(F)Oc1cc(I)ccc1CCCBr. The molecule has 0 atom stereocenters. The molecule has 0 spiro atoms. The van der Waals surface area contributed by atoms with Gasteiger partial charge in [0.1, 0.15) is 5.75 Å². The zero-order chi connectivity index (χ0) is 12.2. The molecule has 0 heterocycles. The van der Waals surface area contributed by atoms with Gasteiger partial charge in [-0.25, -0.2) is 0 Å². The Morgan fingerprint density at radius 2 is 2.00 bits per heavy atom. The summed E-state index contributed by atoms with van der Waals surface area (Å²) in [7, 11) is 0. The van der Waals surface area contributed by atoms with Crippen LogP contribution in [-0.2, 0) is 6.42 Å². The van der Waals surface area contributed by atoms with Gasteiger partial charge in [-0.3, -0.25) is 0 Å². The smallest absolute Gasteiger partial charge is 0.405 e. The van der Waals surface area contributed by atoms with Crippen LogP contribution in [0.2, 0.25) is 0 Å².